The van der Waals surface area contributed by atoms with E-state index in [1.54, 1.807) is 12.1 Å². The first-order valence-electron chi connectivity index (χ1n) is 9.60. The van der Waals surface area contributed by atoms with Crippen molar-refractivity contribution in [3.63, 3.8) is 0 Å². The van der Waals surface area contributed by atoms with Crippen molar-refractivity contribution in [1.82, 2.24) is 4.31 Å². The zero-order valence-corrected chi connectivity index (χ0v) is 18.3. The number of para-hydroxylation sites is 1. The van der Waals surface area contributed by atoms with Crippen molar-refractivity contribution in [1.29, 1.82) is 0 Å². The van der Waals surface area contributed by atoms with Crippen molar-refractivity contribution in [2.75, 3.05) is 31.8 Å². The second-order valence-electron chi connectivity index (χ2n) is 6.84. The SMILES string of the molecule is COc1ccc(C(=O)Nc2ccccc2SC)cc1S(=O)(=O)N1CCCCCC1. The van der Waals surface area contributed by atoms with Gasteiger partial charge in [0.25, 0.3) is 5.91 Å². The standard InChI is InChI=1S/C21H26N2O4S2/c1-27-18-12-11-16(21(24)22-17-9-5-6-10-19(17)28-2)15-20(18)29(25,26)23-13-7-3-4-8-14-23/h5-6,9-12,15H,3-4,7-8,13-14H2,1-2H3,(H,22,24). The molecule has 0 aliphatic carbocycles. The van der Waals surface area contributed by atoms with Gasteiger partial charge in [-0.05, 0) is 49.4 Å². The summed E-state index contributed by atoms with van der Waals surface area (Å²) in [5, 5.41) is 2.87. The molecule has 156 valence electrons. The van der Waals surface area contributed by atoms with E-state index in [1.165, 1.54) is 29.2 Å². The number of nitrogens with one attached hydrogen (secondary N) is 1. The Kier molecular flexibility index (Phi) is 7.21. The monoisotopic (exact) mass is 434 g/mol. The smallest absolute Gasteiger partial charge is 0.255 e. The first kappa shape index (κ1) is 21.7. The number of rotatable bonds is 6. The molecule has 0 atom stereocenters. The van der Waals surface area contributed by atoms with Gasteiger partial charge in [0.1, 0.15) is 10.6 Å². The van der Waals surface area contributed by atoms with Gasteiger partial charge in [-0.2, -0.15) is 4.31 Å². The predicted octanol–water partition coefficient (Wildman–Crippen LogP) is 4.23. The maximum absolute atomic E-state index is 13.3. The summed E-state index contributed by atoms with van der Waals surface area (Å²) in [6.07, 6.45) is 5.67. The van der Waals surface area contributed by atoms with Gasteiger partial charge in [0.05, 0.1) is 12.8 Å². The molecular formula is C21H26N2O4S2. The minimum absolute atomic E-state index is 0.0349. The predicted molar refractivity (Wildman–Crippen MR) is 116 cm³/mol. The van der Waals surface area contributed by atoms with Crippen LogP contribution >= 0.6 is 11.8 Å². The van der Waals surface area contributed by atoms with Gasteiger partial charge in [0.2, 0.25) is 10.0 Å². The number of methoxy groups -OCH3 is 1. The highest BCUT2D eigenvalue weighted by Gasteiger charge is 2.29. The Hall–Kier alpha value is -2.03. The Bertz CT molecular complexity index is 968. The maximum atomic E-state index is 13.3. The first-order valence-corrected chi connectivity index (χ1v) is 12.3. The fourth-order valence-electron chi connectivity index (χ4n) is 3.38. The highest BCUT2D eigenvalue weighted by atomic mass is 32.2. The molecule has 29 heavy (non-hydrogen) atoms. The number of anilines is 1. The van der Waals surface area contributed by atoms with Crippen LogP contribution in [0.25, 0.3) is 0 Å². The second-order valence-corrected chi connectivity index (χ2v) is 9.59. The Morgan fingerprint density at radius 3 is 2.41 bits per heavy atom. The molecular weight excluding hydrogens is 408 g/mol. The summed E-state index contributed by atoms with van der Waals surface area (Å²) < 4.78 is 33.3. The van der Waals surface area contributed by atoms with E-state index in [-0.39, 0.29) is 22.1 Å². The van der Waals surface area contributed by atoms with Crippen molar-refractivity contribution in [2.45, 2.75) is 35.5 Å². The molecule has 1 N–H and O–H groups in total. The molecule has 1 aliphatic heterocycles. The number of sulfonamides is 1. The van der Waals surface area contributed by atoms with Gasteiger partial charge in [-0.3, -0.25) is 4.79 Å². The molecule has 0 saturated carbocycles. The Labute approximate surface area is 176 Å². The summed E-state index contributed by atoms with van der Waals surface area (Å²) in [5.41, 5.74) is 0.966. The molecule has 1 amide bonds. The number of ether oxygens (including phenoxy) is 1. The number of carbonyl (C=O) groups is 1. The number of carbonyl (C=O) groups excluding carboxylic acids is 1. The molecule has 1 heterocycles. The lowest BCUT2D eigenvalue weighted by Crippen LogP contribution is -2.32. The van der Waals surface area contributed by atoms with Crippen LogP contribution in [0.15, 0.2) is 52.3 Å². The van der Waals surface area contributed by atoms with Crippen molar-refractivity contribution in [3.8, 4) is 5.75 Å². The molecule has 2 aromatic rings. The summed E-state index contributed by atoms with van der Waals surface area (Å²) in [7, 11) is -2.31. The van der Waals surface area contributed by atoms with Gasteiger partial charge in [0.15, 0.2) is 0 Å². The normalized spacial score (nSPS) is 15.5. The van der Waals surface area contributed by atoms with Crippen molar-refractivity contribution >= 4 is 33.4 Å². The van der Waals surface area contributed by atoms with Gasteiger partial charge < -0.3 is 10.1 Å². The van der Waals surface area contributed by atoms with Gasteiger partial charge in [-0.1, -0.05) is 25.0 Å². The molecule has 0 radical (unpaired) electrons. The van der Waals surface area contributed by atoms with Crippen molar-refractivity contribution < 1.29 is 17.9 Å². The molecule has 2 aromatic carbocycles. The molecule has 0 bridgehead atoms. The van der Waals surface area contributed by atoms with Gasteiger partial charge in [-0.15, -0.1) is 11.8 Å². The number of hydrogen-bond acceptors (Lipinski definition) is 5. The van der Waals surface area contributed by atoms with E-state index in [0.29, 0.717) is 18.8 Å². The highest BCUT2D eigenvalue weighted by molar-refractivity contribution is 7.98. The van der Waals surface area contributed by atoms with Gasteiger partial charge >= 0.3 is 0 Å². The molecule has 3 rings (SSSR count). The lowest BCUT2D eigenvalue weighted by Gasteiger charge is -2.21. The first-order chi connectivity index (χ1) is 14.0. The Balaban J connectivity index is 1.93. The summed E-state index contributed by atoms with van der Waals surface area (Å²) in [4.78, 5) is 13.8. The molecule has 1 aliphatic rings. The van der Waals surface area contributed by atoms with E-state index < -0.39 is 10.0 Å². The van der Waals surface area contributed by atoms with Crippen LogP contribution in [-0.2, 0) is 10.0 Å². The largest absolute Gasteiger partial charge is 0.495 e. The zero-order valence-electron chi connectivity index (χ0n) is 16.7. The molecule has 8 heteroatoms. The third-order valence-corrected chi connectivity index (χ3v) is 7.68. The van der Waals surface area contributed by atoms with Crippen LogP contribution in [0, 0.1) is 0 Å². The summed E-state index contributed by atoms with van der Waals surface area (Å²) >= 11 is 1.53. The summed E-state index contributed by atoms with van der Waals surface area (Å²) in [6, 6.07) is 12.0. The van der Waals surface area contributed by atoms with E-state index >= 15 is 0 Å². The van der Waals surface area contributed by atoms with Crippen LogP contribution in [0.2, 0.25) is 0 Å². The summed E-state index contributed by atoms with van der Waals surface area (Å²) in [5.74, 6) is -0.114. The fraction of sp³-hybridized carbons (Fsp3) is 0.381. The quantitative estimate of drug-likeness (QED) is 0.689. The van der Waals surface area contributed by atoms with Crippen LogP contribution in [-0.4, -0.2) is 45.1 Å². The van der Waals surface area contributed by atoms with Crippen LogP contribution in [0.1, 0.15) is 36.0 Å². The molecule has 0 aromatic heterocycles. The third-order valence-electron chi connectivity index (χ3n) is 4.96. The average Bonchev–Trinajstić information content (AvgIpc) is 3.04. The molecule has 1 saturated heterocycles. The van der Waals surface area contributed by atoms with Crippen LogP contribution in [0.5, 0.6) is 5.75 Å². The second kappa shape index (κ2) is 9.65. The highest BCUT2D eigenvalue weighted by Crippen LogP contribution is 2.30. The third kappa shape index (κ3) is 4.94. The van der Waals surface area contributed by atoms with E-state index in [0.717, 1.165) is 30.6 Å². The lowest BCUT2D eigenvalue weighted by atomic mass is 10.2. The number of thioether (sulfide) groups is 1. The fourth-order valence-corrected chi connectivity index (χ4v) is 5.64. The van der Waals surface area contributed by atoms with Crippen molar-refractivity contribution in [3.05, 3.63) is 48.0 Å². The molecule has 6 nitrogen and oxygen atoms in total. The van der Waals surface area contributed by atoms with E-state index in [1.807, 2.05) is 30.5 Å². The van der Waals surface area contributed by atoms with Gasteiger partial charge in [0, 0.05) is 23.5 Å². The molecule has 1 fully saturated rings. The number of benzene rings is 2. The Morgan fingerprint density at radius 2 is 1.76 bits per heavy atom. The van der Waals surface area contributed by atoms with E-state index in [2.05, 4.69) is 5.32 Å². The van der Waals surface area contributed by atoms with Crippen LogP contribution in [0.4, 0.5) is 5.69 Å². The Morgan fingerprint density at radius 1 is 1.07 bits per heavy atom. The van der Waals surface area contributed by atoms with E-state index in [4.69, 9.17) is 4.74 Å². The average molecular weight is 435 g/mol. The minimum Gasteiger partial charge on any atom is -0.495 e. The molecule has 0 unspecified atom stereocenters. The van der Waals surface area contributed by atoms with Gasteiger partial charge in [-0.25, -0.2) is 8.42 Å². The molecule has 0 spiro atoms. The van der Waals surface area contributed by atoms with E-state index in [9.17, 15) is 13.2 Å². The number of hydrogen-bond donors (Lipinski definition) is 1. The maximum Gasteiger partial charge on any atom is 0.255 e. The minimum atomic E-state index is -3.75. The number of nitrogens with zero attached hydrogens (tertiary/aromatic N) is 1. The van der Waals surface area contributed by atoms with Crippen LogP contribution < -0.4 is 10.1 Å². The lowest BCUT2D eigenvalue weighted by molar-refractivity contribution is 0.102. The van der Waals surface area contributed by atoms with Crippen molar-refractivity contribution in [2.24, 2.45) is 0 Å². The topological polar surface area (TPSA) is 75.7 Å². The zero-order chi connectivity index (χ0) is 20.9. The van der Waals surface area contributed by atoms with Crippen LogP contribution in [0.3, 0.4) is 0 Å². The number of amides is 1. The summed E-state index contributed by atoms with van der Waals surface area (Å²) in [6.45, 7) is 0.978.